The number of nitrogens with zero attached hydrogens (tertiary/aromatic N) is 6. The van der Waals surface area contributed by atoms with Crippen molar-refractivity contribution in [2.75, 3.05) is 26.2 Å². The number of hydrogen-bond donors (Lipinski definition) is 2. The van der Waals surface area contributed by atoms with Crippen molar-refractivity contribution in [1.29, 1.82) is 0 Å². The minimum atomic E-state index is -0.0945. The van der Waals surface area contributed by atoms with Gasteiger partial charge in [0.25, 0.3) is 11.8 Å². The lowest BCUT2D eigenvalue weighted by Crippen LogP contribution is -2.50. The van der Waals surface area contributed by atoms with E-state index in [9.17, 15) is 9.59 Å². The summed E-state index contributed by atoms with van der Waals surface area (Å²) in [5, 5.41) is 0. The zero-order valence-corrected chi connectivity index (χ0v) is 21.4. The van der Waals surface area contributed by atoms with Crippen molar-refractivity contribution in [2.24, 2.45) is 0 Å². The van der Waals surface area contributed by atoms with E-state index in [1.807, 2.05) is 48.5 Å². The lowest BCUT2D eigenvalue weighted by molar-refractivity contribution is 0.0535. The summed E-state index contributed by atoms with van der Waals surface area (Å²) >= 11 is 0. The third kappa shape index (κ3) is 4.35. The van der Waals surface area contributed by atoms with Crippen molar-refractivity contribution >= 4 is 33.9 Å². The van der Waals surface area contributed by atoms with Crippen molar-refractivity contribution in [3.05, 3.63) is 96.3 Å². The number of carbonyl (C=O) groups excluding carboxylic acids is 2. The molecule has 2 aromatic carbocycles. The largest absolute Gasteiger partial charge is 0.337 e. The molecule has 2 N–H and O–H groups in total. The molecule has 7 rings (SSSR count). The van der Waals surface area contributed by atoms with Crippen LogP contribution in [0, 0.1) is 0 Å². The van der Waals surface area contributed by atoms with Crippen molar-refractivity contribution < 1.29 is 9.59 Å². The molecule has 10 nitrogen and oxygen atoms in total. The zero-order chi connectivity index (χ0) is 27.1. The number of aromatic amines is 2. The second kappa shape index (κ2) is 9.73. The van der Waals surface area contributed by atoms with Crippen molar-refractivity contribution in [2.45, 2.75) is 0 Å². The molecule has 0 aliphatic carbocycles. The number of hydrogen-bond acceptors (Lipinski definition) is 6. The van der Waals surface area contributed by atoms with E-state index in [1.165, 1.54) is 0 Å². The number of para-hydroxylation sites is 4. The summed E-state index contributed by atoms with van der Waals surface area (Å²) in [6, 6.07) is 22.4. The van der Waals surface area contributed by atoms with E-state index in [4.69, 9.17) is 0 Å². The summed E-state index contributed by atoms with van der Waals surface area (Å²) in [4.78, 5) is 54.7. The Bertz CT molecular complexity index is 1680. The SMILES string of the molecule is O=C(c1ccnc(-c2nc3ccccc3[nH]2)c1)N1CCN(C(=O)c2ccnc(-c3nc4ccccc4[nH]3)c2)CC1. The second-order valence-corrected chi connectivity index (χ2v) is 9.65. The molecular formula is C30H24N8O2. The number of benzene rings is 2. The van der Waals surface area contributed by atoms with Gasteiger partial charge < -0.3 is 19.8 Å². The number of imidazole rings is 2. The second-order valence-electron chi connectivity index (χ2n) is 9.65. The summed E-state index contributed by atoms with van der Waals surface area (Å²) in [6.45, 7) is 1.76. The maximum atomic E-state index is 13.3. The molecule has 0 atom stereocenters. The minimum absolute atomic E-state index is 0.0945. The molecule has 1 aliphatic heterocycles. The predicted molar refractivity (Wildman–Crippen MR) is 150 cm³/mol. The van der Waals surface area contributed by atoms with Gasteiger partial charge in [-0.3, -0.25) is 19.6 Å². The fourth-order valence-corrected chi connectivity index (χ4v) is 5.01. The molecule has 0 saturated carbocycles. The molecule has 1 saturated heterocycles. The summed E-state index contributed by atoms with van der Waals surface area (Å²) in [5.41, 5.74) is 5.80. The number of carbonyl (C=O) groups is 2. The van der Waals surface area contributed by atoms with Crippen LogP contribution in [-0.2, 0) is 0 Å². The van der Waals surface area contributed by atoms with Crippen LogP contribution >= 0.6 is 0 Å². The number of pyridine rings is 2. The highest BCUT2D eigenvalue weighted by Crippen LogP contribution is 2.22. The van der Waals surface area contributed by atoms with Crippen LogP contribution in [0.2, 0.25) is 0 Å². The van der Waals surface area contributed by atoms with E-state index in [2.05, 4.69) is 29.9 Å². The summed E-state index contributed by atoms with van der Waals surface area (Å²) < 4.78 is 0. The van der Waals surface area contributed by atoms with Gasteiger partial charge in [0.1, 0.15) is 11.4 Å². The molecule has 1 fully saturated rings. The lowest BCUT2D eigenvalue weighted by atomic mass is 10.1. The number of aromatic nitrogens is 6. The molecule has 6 aromatic rings. The smallest absolute Gasteiger partial charge is 0.254 e. The number of piperazine rings is 1. The molecule has 0 radical (unpaired) electrons. The Morgan fingerprint density at radius 1 is 0.600 bits per heavy atom. The van der Waals surface area contributed by atoms with Crippen LogP contribution in [-0.4, -0.2) is 77.7 Å². The standard InChI is InChI=1S/C30H24N8O2/c39-29(19-9-11-31-25(17-19)27-33-21-5-1-2-6-22(21)34-27)37-13-15-38(16-14-37)30(40)20-10-12-32-26(18-20)28-35-23-7-3-4-8-24(23)36-28/h1-12,17-18H,13-16H2,(H,33,34)(H,35,36). The van der Waals surface area contributed by atoms with Crippen molar-refractivity contribution in [1.82, 2.24) is 39.7 Å². The van der Waals surface area contributed by atoms with Crippen molar-refractivity contribution in [3.63, 3.8) is 0 Å². The number of H-pyrrole nitrogens is 2. The van der Waals surface area contributed by atoms with Gasteiger partial charge in [-0.05, 0) is 48.5 Å². The fraction of sp³-hybridized carbons (Fsp3) is 0.133. The van der Waals surface area contributed by atoms with Gasteiger partial charge in [0, 0.05) is 49.7 Å². The fourth-order valence-electron chi connectivity index (χ4n) is 5.01. The summed E-state index contributed by atoms with van der Waals surface area (Å²) in [5.74, 6) is 1.04. The van der Waals surface area contributed by atoms with Crippen molar-refractivity contribution in [3.8, 4) is 23.0 Å². The van der Waals surface area contributed by atoms with E-state index < -0.39 is 0 Å². The van der Waals surface area contributed by atoms with E-state index >= 15 is 0 Å². The van der Waals surface area contributed by atoms with Gasteiger partial charge in [-0.1, -0.05) is 24.3 Å². The van der Waals surface area contributed by atoms with Crippen LogP contribution in [0.4, 0.5) is 0 Å². The highest BCUT2D eigenvalue weighted by atomic mass is 16.2. The lowest BCUT2D eigenvalue weighted by Gasteiger charge is -2.35. The Kier molecular flexibility index (Phi) is 5.77. The van der Waals surface area contributed by atoms with E-state index in [-0.39, 0.29) is 11.8 Å². The first kappa shape index (κ1) is 23.7. The van der Waals surface area contributed by atoms with Crippen LogP contribution in [0.1, 0.15) is 20.7 Å². The average Bonchev–Trinajstić information content (AvgIpc) is 3.65. The maximum absolute atomic E-state index is 13.3. The Labute approximate surface area is 228 Å². The molecule has 40 heavy (non-hydrogen) atoms. The normalized spacial score (nSPS) is 13.7. The van der Waals surface area contributed by atoms with E-state index in [0.29, 0.717) is 60.3 Å². The zero-order valence-electron chi connectivity index (χ0n) is 21.4. The molecule has 5 heterocycles. The monoisotopic (exact) mass is 528 g/mol. The Balaban J connectivity index is 1.03. The Morgan fingerprint density at radius 2 is 1.02 bits per heavy atom. The summed E-state index contributed by atoms with van der Waals surface area (Å²) in [7, 11) is 0. The van der Waals surface area contributed by atoms with Gasteiger partial charge in [-0.25, -0.2) is 9.97 Å². The number of rotatable bonds is 4. The van der Waals surface area contributed by atoms with Crippen LogP contribution in [0.5, 0.6) is 0 Å². The maximum Gasteiger partial charge on any atom is 0.254 e. The van der Waals surface area contributed by atoms with Crippen LogP contribution in [0.25, 0.3) is 45.1 Å². The van der Waals surface area contributed by atoms with Crippen LogP contribution in [0.3, 0.4) is 0 Å². The third-order valence-corrected chi connectivity index (χ3v) is 7.13. The Morgan fingerprint density at radius 3 is 1.45 bits per heavy atom. The first-order valence-corrected chi connectivity index (χ1v) is 13.0. The molecule has 0 spiro atoms. The van der Waals surface area contributed by atoms with Crippen LogP contribution < -0.4 is 0 Å². The van der Waals surface area contributed by atoms with Gasteiger partial charge in [0.05, 0.1) is 22.1 Å². The minimum Gasteiger partial charge on any atom is -0.337 e. The predicted octanol–water partition coefficient (Wildman–Crippen LogP) is 4.16. The molecule has 196 valence electrons. The first-order valence-electron chi connectivity index (χ1n) is 13.0. The number of nitrogens with one attached hydrogen (secondary N) is 2. The van der Waals surface area contributed by atoms with Gasteiger partial charge in [-0.2, -0.15) is 0 Å². The molecule has 4 aromatic heterocycles. The molecule has 0 bridgehead atoms. The van der Waals surface area contributed by atoms with Gasteiger partial charge in [-0.15, -0.1) is 0 Å². The molecule has 10 heteroatoms. The average molecular weight is 529 g/mol. The number of fused-ring (bicyclic) bond motifs is 2. The van der Waals surface area contributed by atoms with Gasteiger partial charge in [0.2, 0.25) is 0 Å². The first-order chi connectivity index (χ1) is 19.6. The topological polar surface area (TPSA) is 124 Å². The van der Waals surface area contributed by atoms with E-state index in [1.54, 1.807) is 46.5 Å². The third-order valence-electron chi connectivity index (χ3n) is 7.13. The molecule has 2 amide bonds. The van der Waals surface area contributed by atoms with Gasteiger partial charge in [0.15, 0.2) is 11.6 Å². The van der Waals surface area contributed by atoms with Gasteiger partial charge >= 0.3 is 0 Å². The Hall–Kier alpha value is -5.38. The highest BCUT2D eigenvalue weighted by Gasteiger charge is 2.26. The highest BCUT2D eigenvalue weighted by molar-refractivity contribution is 5.97. The summed E-state index contributed by atoms with van der Waals surface area (Å²) in [6.07, 6.45) is 3.25. The number of amides is 2. The van der Waals surface area contributed by atoms with E-state index in [0.717, 1.165) is 22.1 Å². The van der Waals surface area contributed by atoms with Crippen LogP contribution in [0.15, 0.2) is 85.2 Å². The molecule has 0 unspecified atom stereocenters. The molecular weight excluding hydrogens is 504 g/mol. The molecule has 1 aliphatic rings. The quantitative estimate of drug-likeness (QED) is 0.354.